The summed E-state index contributed by atoms with van der Waals surface area (Å²) in [6.07, 6.45) is 1.73. The number of rotatable bonds is 3. The molecule has 0 unspecified atom stereocenters. The molecule has 6 nitrogen and oxygen atoms in total. The van der Waals surface area contributed by atoms with Gasteiger partial charge in [0.25, 0.3) is 5.56 Å². The number of aromatic nitrogens is 5. The van der Waals surface area contributed by atoms with Crippen molar-refractivity contribution in [1.82, 2.24) is 24.6 Å². The van der Waals surface area contributed by atoms with Crippen LogP contribution in [0, 0.1) is 0 Å². The van der Waals surface area contributed by atoms with E-state index in [0.717, 1.165) is 11.5 Å². The molecule has 3 rings (SSSR count). The monoisotopic (exact) mass is 321 g/mol. The third kappa shape index (κ3) is 3.01. The van der Waals surface area contributed by atoms with E-state index in [4.69, 9.17) is 0 Å². The van der Waals surface area contributed by atoms with Gasteiger partial charge in [0.15, 0.2) is 4.96 Å². The van der Waals surface area contributed by atoms with Gasteiger partial charge in [-0.3, -0.25) is 14.3 Å². The number of nitrogens with zero attached hydrogens (tertiary/aromatic N) is 4. The van der Waals surface area contributed by atoms with Gasteiger partial charge in [0, 0.05) is 28.8 Å². The van der Waals surface area contributed by atoms with E-state index in [1.54, 1.807) is 16.7 Å². The summed E-state index contributed by atoms with van der Waals surface area (Å²) in [5.74, 6) is 1.43. The summed E-state index contributed by atoms with van der Waals surface area (Å²) in [4.78, 5) is 21.5. The summed E-state index contributed by atoms with van der Waals surface area (Å²) < 4.78 is 1.54. The highest BCUT2D eigenvalue weighted by atomic mass is 32.2. The van der Waals surface area contributed by atoms with Gasteiger partial charge in [-0.25, -0.2) is 9.97 Å². The van der Waals surface area contributed by atoms with Gasteiger partial charge < -0.3 is 0 Å². The molecule has 0 bridgehead atoms. The number of hydrogen-bond donors (Lipinski definition) is 1. The first-order valence-corrected chi connectivity index (χ1v) is 8.31. The minimum Gasteiger partial charge on any atom is -0.269 e. The van der Waals surface area contributed by atoms with Crippen LogP contribution < -0.4 is 5.56 Å². The minimum atomic E-state index is -0.0568. The summed E-state index contributed by atoms with van der Waals surface area (Å²) >= 11 is 2.92. The Bertz CT molecular complexity index is 827. The molecule has 0 aromatic carbocycles. The minimum absolute atomic E-state index is 0.0535. The van der Waals surface area contributed by atoms with Crippen LogP contribution in [0.5, 0.6) is 0 Å². The van der Waals surface area contributed by atoms with Crippen molar-refractivity contribution in [2.75, 3.05) is 0 Å². The van der Waals surface area contributed by atoms with Gasteiger partial charge in [-0.05, 0) is 0 Å². The predicted octanol–water partition coefficient (Wildman–Crippen LogP) is 2.46. The number of aromatic amines is 1. The van der Waals surface area contributed by atoms with Crippen molar-refractivity contribution in [1.29, 1.82) is 0 Å². The van der Waals surface area contributed by atoms with E-state index >= 15 is 0 Å². The second-order valence-electron chi connectivity index (χ2n) is 5.65. The third-order valence-electron chi connectivity index (χ3n) is 2.88. The average Bonchev–Trinajstić information content (AvgIpc) is 3.04. The fraction of sp³-hybridized carbons (Fsp3) is 0.385. The molecule has 3 aromatic heterocycles. The van der Waals surface area contributed by atoms with Crippen LogP contribution in [0.3, 0.4) is 0 Å². The Morgan fingerprint density at radius 3 is 2.90 bits per heavy atom. The van der Waals surface area contributed by atoms with Crippen LogP contribution in [0.1, 0.15) is 32.3 Å². The second kappa shape index (κ2) is 5.27. The Balaban J connectivity index is 1.77. The number of fused-ring (bicyclic) bond motifs is 1. The van der Waals surface area contributed by atoms with E-state index in [1.165, 1.54) is 23.1 Å². The third-order valence-corrected chi connectivity index (χ3v) is 4.52. The van der Waals surface area contributed by atoms with Crippen molar-refractivity contribution < 1.29 is 0 Å². The zero-order chi connectivity index (χ0) is 15.0. The maximum Gasteiger partial charge on any atom is 0.258 e. The first kappa shape index (κ1) is 14.3. The van der Waals surface area contributed by atoms with Crippen LogP contribution in [-0.2, 0) is 11.2 Å². The Labute approximate surface area is 129 Å². The van der Waals surface area contributed by atoms with Crippen molar-refractivity contribution in [2.45, 2.75) is 37.1 Å². The van der Waals surface area contributed by atoms with Crippen LogP contribution in [0.4, 0.5) is 0 Å². The molecule has 3 aromatic rings. The maximum atomic E-state index is 11.9. The molecule has 0 aliphatic heterocycles. The summed E-state index contributed by atoms with van der Waals surface area (Å²) in [5, 5.41) is 9.67. The molecule has 1 N–H and O–H groups in total. The Hall–Kier alpha value is -1.67. The zero-order valence-corrected chi connectivity index (χ0v) is 13.6. The molecule has 0 saturated heterocycles. The van der Waals surface area contributed by atoms with Crippen molar-refractivity contribution in [3.05, 3.63) is 39.5 Å². The summed E-state index contributed by atoms with van der Waals surface area (Å²) in [6.45, 7) is 6.24. The number of thioether (sulfide) groups is 1. The van der Waals surface area contributed by atoms with E-state index in [0.29, 0.717) is 15.9 Å². The van der Waals surface area contributed by atoms with E-state index < -0.39 is 0 Å². The number of thiazole rings is 1. The summed E-state index contributed by atoms with van der Waals surface area (Å²) in [5.41, 5.74) is 0.635. The zero-order valence-electron chi connectivity index (χ0n) is 12.0. The lowest BCUT2D eigenvalue weighted by molar-refractivity contribution is 0.547. The first-order chi connectivity index (χ1) is 9.93. The molecular formula is C13H15N5OS2. The lowest BCUT2D eigenvalue weighted by Gasteiger charge is -2.12. The van der Waals surface area contributed by atoms with Gasteiger partial charge in [-0.2, -0.15) is 0 Å². The topological polar surface area (TPSA) is 75.9 Å². The first-order valence-electron chi connectivity index (χ1n) is 6.45. The van der Waals surface area contributed by atoms with Crippen LogP contribution in [-0.4, -0.2) is 24.6 Å². The summed E-state index contributed by atoms with van der Waals surface area (Å²) in [6, 6.07) is 1.56. The smallest absolute Gasteiger partial charge is 0.258 e. The number of hydrogen-bond acceptors (Lipinski definition) is 6. The molecule has 0 fully saturated rings. The van der Waals surface area contributed by atoms with Gasteiger partial charge in [-0.1, -0.05) is 32.5 Å². The normalized spacial score (nSPS) is 12.1. The molecule has 110 valence electrons. The molecule has 0 radical (unpaired) electrons. The number of nitrogens with one attached hydrogen (secondary N) is 1. The highest BCUT2D eigenvalue weighted by Crippen LogP contribution is 2.23. The highest BCUT2D eigenvalue weighted by molar-refractivity contribution is 7.98. The van der Waals surface area contributed by atoms with Crippen molar-refractivity contribution in [3.63, 3.8) is 0 Å². The van der Waals surface area contributed by atoms with Crippen LogP contribution in [0.15, 0.2) is 27.6 Å². The van der Waals surface area contributed by atoms with Crippen molar-refractivity contribution in [2.24, 2.45) is 0 Å². The van der Waals surface area contributed by atoms with E-state index in [-0.39, 0.29) is 11.0 Å². The number of H-pyrrole nitrogens is 1. The molecular weight excluding hydrogens is 306 g/mol. The summed E-state index contributed by atoms with van der Waals surface area (Å²) in [7, 11) is 0. The average molecular weight is 321 g/mol. The Kier molecular flexibility index (Phi) is 3.58. The van der Waals surface area contributed by atoms with E-state index in [9.17, 15) is 4.79 Å². The standard InChI is InChI=1S/C13H15N5OS2/c1-13(2,3)10-15-11(17-16-10)21-7-8-6-9(19)18-4-5-20-12(18)14-8/h4-6H,7H2,1-3H3,(H,15,16,17). The molecule has 3 heterocycles. The van der Waals surface area contributed by atoms with E-state index in [1.807, 2.05) is 5.38 Å². The quantitative estimate of drug-likeness (QED) is 0.750. The van der Waals surface area contributed by atoms with Gasteiger partial charge >= 0.3 is 0 Å². The Morgan fingerprint density at radius 1 is 1.38 bits per heavy atom. The second-order valence-corrected chi connectivity index (χ2v) is 7.46. The van der Waals surface area contributed by atoms with Crippen molar-refractivity contribution in [3.8, 4) is 0 Å². The fourth-order valence-corrected chi connectivity index (χ4v) is 3.18. The van der Waals surface area contributed by atoms with Crippen LogP contribution >= 0.6 is 23.1 Å². The predicted molar refractivity (Wildman–Crippen MR) is 84.0 cm³/mol. The Morgan fingerprint density at radius 2 is 2.19 bits per heavy atom. The lowest BCUT2D eigenvalue weighted by Crippen LogP contribution is -2.13. The molecule has 21 heavy (non-hydrogen) atoms. The van der Waals surface area contributed by atoms with Gasteiger partial charge in [-0.15, -0.1) is 16.4 Å². The largest absolute Gasteiger partial charge is 0.269 e. The molecule has 0 aliphatic rings. The molecule has 8 heteroatoms. The lowest BCUT2D eigenvalue weighted by atomic mass is 9.96. The SMILES string of the molecule is CC(C)(C)c1nc(SCc2cc(=O)n3ccsc3n2)n[nH]1. The molecule has 0 spiro atoms. The van der Waals surface area contributed by atoms with Gasteiger partial charge in [0.1, 0.15) is 5.82 Å². The van der Waals surface area contributed by atoms with Gasteiger partial charge in [0.2, 0.25) is 5.16 Å². The van der Waals surface area contributed by atoms with Gasteiger partial charge in [0.05, 0.1) is 5.69 Å². The van der Waals surface area contributed by atoms with E-state index in [2.05, 4.69) is 40.9 Å². The molecule has 0 amide bonds. The van der Waals surface area contributed by atoms with Crippen LogP contribution in [0.25, 0.3) is 4.96 Å². The molecule has 0 saturated carbocycles. The molecule has 0 aliphatic carbocycles. The van der Waals surface area contributed by atoms with Crippen LogP contribution in [0.2, 0.25) is 0 Å². The maximum absolute atomic E-state index is 11.9. The highest BCUT2D eigenvalue weighted by Gasteiger charge is 2.18. The molecule has 0 atom stereocenters. The van der Waals surface area contributed by atoms with Crippen molar-refractivity contribution >= 4 is 28.1 Å². The fourth-order valence-electron chi connectivity index (χ4n) is 1.75.